The number of aromatic nitrogens is 1. The minimum Gasteiger partial charge on any atom is -0.481 e. The third-order valence-electron chi connectivity index (χ3n) is 3.78. The van der Waals surface area contributed by atoms with Gasteiger partial charge in [0, 0.05) is 16.8 Å². The van der Waals surface area contributed by atoms with Gasteiger partial charge in [-0.1, -0.05) is 22.8 Å². The van der Waals surface area contributed by atoms with Gasteiger partial charge in [0.25, 0.3) is 15.9 Å². The van der Waals surface area contributed by atoms with Gasteiger partial charge in [-0.25, -0.2) is 8.42 Å². The molecule has 3 aromatic rings. The lowest BCUT2D eigenvalue weighted by molar-refractivity contribution is -0.122. The van der Waals surface area contributed by atoms with Crippen molar-refractivity contribution in [2.45, 2.75) is 24.8 Å². The lowest BCUT2D eigenvalue weighted by atomic mass is 10.3. The number of benzene rings is 2. The molecule has 0 aliphatic rings. The fourth-order valence-electron chi connectivity index (χ4n) is 2.37. The zero-order valence-electron chi connectivity index (χ0n) is 15.5. The molecule has 0 aliphatic heterocycles. The highest BCUT2D eigenvalue weighted by molar-refractivity contribution is 7.92. The van der Waals surface area contributed by atoms with E-state index in [2.05, 4.69) is 15.2 Å². The van der Waals surface area contributed by atoms with Crippen LogP contribution in [0.5, 0.6) is 5.75 Å². The number of sulfonamides is 1. The van der Waals surface area contributed by atoms with Crippen LogP contribution in [0.25, 0.3) is 0 Å². The Labute approximate surface area is 172 Å². The summed E-state index contributed by atoms with van der Waals surface area (Å²) in [7, 11) is -3.83. The van der Waals surface area contributed by atoms with Gasteiger partial charge in [-0.15, -0.1) is 0 Å². The summed E-state index contributed by atoms with van der Waals surface area (Å²) in [6, 6.07) is 13.9. The molecule has 8 nitrogen and oxygen atoms in total. The van der Waals surface area contributed by atoms with Crippen molar-refractivity contribution < 1.29 is 22.5 Å². The van der Waals surface area contributed by atoms with Crippen molar-refractivity contribution in [2.75, 3.05) is 10.0 Å². The Kier molecular flexibility index (Phi) is 6.09. The Morgan fingerprint density at radius 2 is 1.90 bits per heavy atom. The van der Waals surface area contributed by atoms with Gasteiger partial charge in [-0.05, 0) is 56.3 Å². The van der Waals surface area contributed by atoms with Crippen molar-refractivity contribution in [3.8, 4) is 5.75 Å². The fraction of sp³-hybridized carbons (Fsp3) is 0.158. The van der Waals surface area contributed by atoms with E-state index in [1.54, 1.807) is 38.1 Å². The molecule has 29 heavy (non-hydrogen) atoms. The highest BCUT2D eigenvalue weighted by Crippen LogP contribution is 2.20. The number of ether oxygens (including phenoxy) is 1. The van der Waals surface area contributed by atoms with Gasteiger partial charge in [0.2, 0.25) is 0 Å². The van der Waals surface area contributed by atoms with Gasteiger partial charge in [-0.3, -0.25) is 9.52 Å². The quantitative estimate of drug-likeness (QED) is 0.583. The number of hydrogen-bond donors (Lipinski definition) is 2. The van der Waals surface area contributed by atoms with Crippen LogP contribution >= 0.6 is 11.6 Å². The third kappa shape index (κ3) is 5.49. The average Bonchev–Trinajstić information content (AvgIpc) is 3.06. The maximum atomic E-state index is 12.4. The predicted molar refractivity (Wildman–Crippen MR) is 109 cm³/mol. The summed E-state index contributed by atoms with van der Waals surface area (Å²) in [5, 5.41) is 6.77. The Balaban J connectivity index is 1.62. The first-order chi connectivity index (χ1) is 13.7. The molecule has 3 rings (SSSR count). The standard InChI is InChI=1S/C19H18ClN3O5S/c1-12-10-18(22-28-12)23-29(25,26)17-8-6-15(7-9-17)21-19(24)13(2)27-16-5-3-4-14(20)11-16/h3-11,13H,1-2H3,(H,21,24)(H,22,23)/t13-/m0/s1. The minimum atomic E-state index is -3.83. The van der Waals surface area contributed by atoms with Crippen LogP contribution in [0.15, 0.2) is 64.0 Å². The number of rotatable bonds is 7. The van der Waals surface area contributed by atoms with Gasteiger partial charge >= 0.3 is 0 Å². The molecule has 0 bridgehead atoms. The van der Waals surface area contributed by atoms with Crippen LogP contribution in [0.4, 0.5) is 11.5 Å². The number of hydrogen-bond acceptors (Lipinski definition) is 6. The van der Waals surface area contributed by atoms with Gasteiger partial charge in [-0.2, -0.15) is 0 Å². The highest BCUT2D eigenvalue weighted by atomic mass is 35.5. The summed E-state index contributed by atoms with van der Waals surface area (Å²) in [6.07, 6.45) is -0.783. The number of nitrogens with zero attached hydrogens (tertiary/aromatic N) is 1. The monoisotopic (exact) mass is 435 g/mol. The van der Waals surface area contributed by atoms with Crippen molar-refractivity contribution in [1.82, 2.24) is 5.16 Å². The molecule has 2 N–H and O–H groups in total. The third-order valence-corrected chi connectivity index (χ3v) is 5.38. The van der Waals surface area contributed by atoms with Gasteiger partial charge < -0.3 is 14.6 Å². The molecular weight excluding hydrogens is 418 g/mol. The summed E-state index contributed by atoms with van der Waals surface area (Å²) < 4.78 is 37.5. The number of halogens is 1. The van der Waals surface area contributed by atoms with E-state index in [1.165, 1.54) is 30.3 Å². The van der Waals surface area contributed by atoms with Crippen molar-refractivity contribution in [2.24, 2.45) is 0 Å². The first-order valence-corrected chi connectivity index (χ1v) is 10.4. The number of nitrogens with one attached hydrogen (secondary N) is 2. The predicted octanol–water partition coefficient (Wildman–Crippen LogP) is 3.84. The van der Waals surface area contributed by atoms with Gasteiger partial charge in [0.05, 0.1) is 4.90 Å². The maximum Gasteiger partial charge on any atom is 0.265 e. The molecule has 152 valence electrons. The minimum absolute atomic E-state index is 0.0133. The molecule has 2 aromatic carbocycles. The summed E-state index contributed by atoms with van der Waals surface area (Å²) >= 11 is 5.90. The molecular formula is C19H18ClN3O5S. The highest BCUT2D eigenvalue weighted by Gasteiger charge is 2.18. The number of anilines is 2. The number of aryl methyl sites for hydroxylation is 1. The van der Waals surface area contributed by atoms with E-state index < -0.39 is 22.0 Å². The van der Waals surface area contributed by atoms with Crippen LogP contribution in [-0.4, -0.2) is 25.6 Å². The van der Waals surface area contributed by atoms with Crippen molar-refractivity contribution in [3.05, 3.63) is 65.4 Å². The zero-order chi connectivity index (χ0) is 21.0. The summed E-state index contributed by atoms with van der Waals surface area (Å²) in [4.78, 5) is 12.3. The zero-order valence-corrected chi connectivity index (χ0v) is 17.1. The molecule has 0 saturated carbocycles. The van der Waals surface area contributed by atoms with Crippen LogP contribution < -0.4 is 14.8 Å². The molecule has 0 saturated heterocycles. The molecule has 1 aromatic heterocycles. The maximum absolute atomic E-state index is 12.4. The van der Waals surface area contributed by atoms with Crippen molar-refractivity contribution in [3.63, 3.8) is 0 Å². The second-order valence-corrected chi connectivity index (χ2v) is 8.28. The van der Waals surface area contributed by atoms with E-state index in [0.717, 1.165) is 0 Å². The normalized spacial score (nSPS) is 12.2. The van der Waals surface area contributed by atoms with Gasteiger partial charge in [0.15, 0.2) is 11.9 Å². The number of carbonyl (C=O) groups is 1. The lowest BCUT2D eigenvalue weighted by Crippen LogP contribution is -2.30. The first kappa shape index (κ1) is 20.7. The largest absolute Gasteiger partial charge is 0.481 e. The Morgan fingerprint density at radius 1 is 1.17 bits per heavy atom. The summed E-state index contributed by atoms with van der Waals surface area (Å²) in [5.41, 5.74) is 0.424. The summed E-state index contributed by atoms with van der Waals surface area (Å²) in [6.45, 7) is 3.25. The Morgan fingerprint density at radius 3 is 2.52 bits per heavy atom. The van der Waals surface area contributed by atoms with Crippen molar-refractivity contribution >= 4 is 39.0 Å². The molecule has 0 fully saturated rings. The van der Waals surface area contributed by atoms with Crippen LogP contribution in [0.1, 0.15) is 12.7 Å². The molecule has 0 unspecified atom stereocenters. The van der Waals surface area contributed by atoms with E-state index in [4.69, 9.17) is 20.9 Å². The molecule has 0 radical (unpaired) electrons. The van der Waals surface area contributed by atoms with E-state index in [0.29, 0.717) is 22.2 Å². The SMILES string of the molecule is Cc1cc(NS(=O)(=O)c2ccc(NC(=O)[C@H](C)Oc3cccc(Cl)c3)cc2)no1. The first-order valence-electron chi connectivity index (χ1n) is 8.52. The second kappa shape index (κ2) is 8.54. The second-order valence-electron chi connectivity index (χ2n) is 6.16. The average molecular weight is 436 g/mol. The van der Waals surface area contributed by atoms with Gasteiger partial charge in [0.1, 0.15) is 11.5 Å². The molecule has 0 spiro atoms. The van der Waals surface area contributed by atoms with Crippen molar-refractivity contribution in [1.29, 1.82) is 0 Å². The Bertz CT molecular complexity index is 1110. The molecule has 0 aliphatic carbocycles. The van der Waals surface area contributed by atoms with E-state index in [9.17, 15) is 13.2 Å². The summed E-state index contributed by atoms with van der Waals surface area (Å²) in [5.74, 6) is 0.647. The Hall–Kier alpha value is -3.04. The molecule has 1 amide bonds. The van der Waals surface area contributed by atoms with Crippen LogP contribution in [0.2, 0.25) is 5.02 Å². The number of carbonyl (C=O) groups excluding carboxylic acids is 1. The number of amides is 1. The smallest absolute Gasteiger partial charge is 0.265 e. The van der Waals surface area contributed by atoms with E-state index in [-0.39, 0.29) is 10.7 Å². The molecule has 1 atom stereocenters. The van der Waals surface area contributed by atoms with Crippen LogP contribution in [-0.2, 0) is 14.8 Å². The van der Waals surface area contributed by atoms with Crippen LogP contribution in [0, 0.1) is 6.92 Å². The molecule has 1 heterocycles. The van der Waals surface area contributed by atoms with Crippen LogP contribution in [0.3, 0.4) is 0 Å². The molecule has 10 heteroatoms. The fourth-order valence-corrected chi connectivity index (χ4v) is 3.53. The lowest BCUT2D eigenvalue weighted by Gasteiger charge is -2.15. The van der Waals surface area contributed by atoms with E-state index in [1.807, 2.05) is 0 Å². The van der Waals surface area contributed by atoms with E-state index >= 15 is 0 Å². The topological polar surface area (TPSA) is 111 Å².